The normalized spacial score (nSPS) is 10.4. The van der Waals surface area contributed by atoms with Crippen LogP contribution in [0.4, 0.5) is 0 Å². The molecule has 138 valence electrons. The summed E-state index contributed by atoms with van der Waals surface area (Å²) in [6, 6.07) is 15.3. The van der Waals surface area contributed by atoms with Crippen LogP contribution < -0.4 is 10.1 Å². The maximum atomic E-state index is 12.0. The van der Waals surface area contributed by atoms with Gasteiger partial charge in [0.1, 0.15) is 10.8 Å². The fraction of sp³-hybridized carbons (Fsp3) is 0.200. The van der Waals surface area contributed by atoms with Gasteiger partial charge in [-0.2, -0.15) is 0 Å². The van der Waals surface area contributed by atoms with Crippen molar-refractivity contribution in [2.75, 3.05) is 19.4 Å². The molecule has 0 radical (unpaired) electrons. The number of nitrogens with zero attached hydrogens (tertiary/aromatic N) is 3. The molecule has 2 aromatic heterocycles. The number of para-hydroxylation sites is 1. The molecule has 1 amide bonds. The number of methoxy groups -OCH3 is 1. The molecule has 0 aliphatic heterocycles. The summed E-state index contributed by atoms with van der Waals surface area (Å²) in [5.74, 6) is 1.10. The summed E-state index contributed by atoms with van der Waals surface area (Å²) >= 11 is 1.36. The van der Waals surface area contributed by atoms with Crippen molar-refractivity contribution in [1.82, 2.24) is 20.5 Å². The van der Waals surface area contributed by atoms with Crippen LogP contribution in [0, 0.1) is 0 Å². The number of amides is 1. The van der Waals surface area contributed by atoms with Gasteiger partial charge in [0.2, 0.25) is 5.91 Å². The predicted molar refractivity (Wildman–Crippen MR) is 106 cm³/mol. The number of nitrogens with one attached hydrogen (secondary N) is 1. The van der Waals surface area contributed by atoms with Gasteiger partial charge in [-0.1, -0.05) is 30.0 Å². The van der Waals surface area contributed by atoms with Crippen molar-refractivity contribution in [3.05, 3.63) is 66.5 Å². The summed E-state index contributed by atoms with van der Waals surface area (Å²) in [7, 11) is 1.65. The second-order valence-corrected chi connectivity index (χ2v) is 6.69. The number of carbonyl (C=O) groups is 1. The first-order valence-corrected chi connectivity index (χ1v) is 9.50. The van der Waals surface area contributed by atoms with Crippen LogP contribution in [0.2, 0.25) is 0 Å². The maximum Gasteiger partial charge on any atom is 0.230 e. The largest absolute Gasteiger partial charge is 0.496 e. The molecule has 2 heterocycles. The Labute approximate surface area is 162 Å². The molecule has 0 fully saturated rings. The van der Waals surface area contributed by atoms with Gasteiger partial charge in [-0.25, -0.2) is 0 Å². The lowest BCUT2D eigenvalue weighted by Gasteiger charge is -2.09. The molecule has 0 saturated carbocycles. The molecular weight excluding hydrogens is 360 g/mol. The van der Waals surface area contributed by atoms with E-state index in [-0.39, 0.29) is 5.91 Å². The lowest BCUT2D eigenvalue weighted by Crippen LogP contribution is -2.27. The highest BCUT2D eigenvalue weighted by atomic mass is 32.2. The third-order valence-electron chi connectivity index (χ3n) is 3.86. The number of rotatable bonds is 8. The fourth-order valence-electron chi connectivity index (χ4n) is 2.50. The average molecular weight is 380 g/mol. The average Bonchev–Trinajstić information content (AvgIpc) is 2.73. The zero-order chi connectivity index (χ0) is 18.9. The highest BCUT2D eigenvalue weighted by Crippen LogP contribution is 2.19. The number of aromatic nitrogens is 3. The van der Waals surface area contributed by atoms with E-state index in [1.165, 1.54) is 11.8 Å². The summed E-state index contributed by atoms with van der Waals surface area (Å²) in [5, 5.41) is 12.0. The molecule has 0 bridgehead atoms. The van der Waals surface area contributed by atoms with Crippen molar-refractivity contribution in [3.8, 4) is 17.0 Å². The van der Waals surface area contributed by atoms with Gasteiger partial charge in [-0.3, -0.25) is 9.78 Å². The molecule has 3 aromatic rings. The Morgan fingerprint density at radius 3 is 2.74 bits per heavy atom. The van der Waals surface area contributed by atoms with Crippen LogP contribution >= 0.6 is 11.8 Å². The molecule has 1 aromatic carbocycles. The van der Waals surface area contributed by atoms with Crippen molar-refractivity contribution in [1.29, 1.82) is 0 Å². The number of hydrogen-bond acceptors (Lipinski definition) is 6. The Morgan fingerprint density at radius 1 is 1.11 bits per heavy atom. The predicted octanol–water partition coefficient (Wildman–Crippen LogP) is 3.00. The van der Waals surface area contributed by atoms with Crippen molar-refractivity contribution < 1.29 is 9.53 Å². The van der Waals surface area contributed by atoms with Crippen molar-refractivity contribution >= 4 is 17.7 Å². The molecule has 3 rings (SSSR count). The minimum atomic E-state index is -0.0342. The van der Waals surface area contributed by atoms with Gasteiger partial charge in [0.25, 0.3) is 0 Å². The summed E-state index contributed by atoms with van der Waals surface area (Å²) in [6.45, 7) is 0.561. The van der Waals surface area contributed by atoms with E-state index in [4.69, 9.17) is 4.74 Å². The van der Waals surface area contributed by atoms with Crippen LogP contribution in [0.5, 0.6) is 5.75 Å². The van der Waals surface area contributed by atoms with Crippen molar-refractivity contribution in [3.63, 3.8) is 0 Å². The summed E-state index contributed by atoms with van der Waals surface area (Å²) in [5.41, 5.74) is 2.74. The van der Waals surface area contributed by atoms with Crippen LogP contribution in [0.3, 0.4) is 0 Å². The monoisotopic (exact) mass is 380 g/mol. The Bertz CT molecular complexity index is 873. The zero-order valence-electron chi connectivity index (χ0n) is 15.0. The van der Waals surface area contributed by atoms with Gasteiger partial charge < -0.3 is 10.1 Å². The zero-order valence-corrected chi connectivity index (χ0v) is 15.8. The quantitative estimate of drug-likeness (QED) is 0.606. The SMILES string of the molecule is COc1ccccc1CCNC(=O)CSc1ccc(-c2cccnc2)nn1. The number of ether oxygens (including phenoxy) is 1. The van der Waals surface area contributed by atoms with Crippen molar-refractivity contribution in [2.45, 2.75) is 11.4 Å². The van der Waals surface area contributed by atoms with E-state index in [0.717, 1.165) is 29.0 Å². The Morgan fingerprint density at radius 2 is 2.00 bits per heavy atom. The van der Waals surface area contributed by atoms with E-state index in [2.05, 4.69) is 20.5 Å². The molecule has 0 spiro atoms. The summed E-state index contributed by atoms with van der Waals surface area (Å²) in [4.78, 5) is 16.1. The summed E-state index contributed by atoms with van der Waals surface area (Å²) < 4.78 is 5.31. The minimum Gasteiger partial charge on any atom is -0.496 e. The minimum absolute atomic E-state index is 0.0342. The highest BCUT2D eigenvalue weighted by Gasteiger charge is 2.07. The van der Waals surface area contributed by atoms with E-state index < -0.39 is 0 Å². The molecule has 0 saturated heterocycles. The van der Waals surface area contributed by atoms with Gasteiger partial charge in [0.05, 0.1) is 18.6 Å². The smallest absolute Gasteiger partial charge is 0.230 e. The number of benzene rings is 1. The Kier molecular flexibility index (Phi) is 6.76. The van der Waals surface area contributed by atoms with Gasteiger partial charge >= 0.3 is 0 Å². The third kappa shape index (κ3) is 5.52. The topological polar surface area (TPSA) is 77.0 Å². The molecule has 0 aliphatic carbocycles. The maximum absolute atomic E-state index is 12.0. The number of pyridine rings is 1. The highest BCUT2D eigenvalue weighted by molar-refractivity contribution is 7.99. The van der Waals surface area contributed by atoms with E-state index in [1.807, 2.05) is 48.5 Å². The molecular formula is C20H20N4O2S. The second kappa shape index (κ2) is 9.68. The molecule has 27 heavy (non-hydrogen) atoms. The number of thioether (sulfide) groups is 1. The number of hydrogen-bond donors (Lipinski definition) is 1. The van der Waals surface area contributed by atoms with Crippen LogP contribution in [0.25, 0.3) is 11.3 Å². The van der Waals surface area contributed by atoms with Gasteiger partial charge in [-0.15, -0.1) is 10.2 Å². The third-order valence-corrected chi connectivity index (χ3v) is 4.78. The van der Waals surface area contributed by atoms with Crippen LogP contribution in [0.1, 0.15) is 5.56 Å². The van der Waals surface area contributed by atoms with Crippen LogP contribution in [-0.4, -0.2) is 40.5 Å². The van der Waals surface area contributed by atoms with Gasteiger partial charge in [0, 0.05) is 24.5 Å². The second-order valence-electron chi connectivity index (χ2n) is 5.70. The van der Waals surface area contributed by atoms with Crippen LogP contribution in [0.15, 0.2) is 66.0 Å². The molecule has 0 unspecified atom stereocenters. The molecule has 6 nitrogen and oxygen atoms in total. The molecule has 0 aliphatic rings. The van der Waals surface area contributed by atoms with E-state index in [9.17, 15) is 4.79 Å². The first-order chi connectivity index (χ1) is 13.3. The summed E-state index contributed by atoms with van der Waals surface area (Å²) in [6.07, 6.45) is 4.18. The van der Waals surface area contributed by atoms with Gasteiger partial charge in [0.15, 0.2) is 0 Å². The lowest BCUT2D eigenvalue weighted by molar-refractivity contribution is -0.118. The van der Waals surface area contributed by atoms with Gasteiger partial charge in [-0.05, 0) is 42.3 Å². The van der Waals surface area contributed by atoms with Crippen molar-refractivity contribution in [2.24, 2.45) is 0 Å². The Hall–Kier alpha value is -2.93. The molecule has 0 atom stereocenters. The van der Waals surface area contributed by atoms with E-state index >= 15 is 0 Å². The fourth-order valence-corrected chi connectivity index (χ4v) is 3.15. The number of carbonyl (C=O) groups excluding carboxylic acids is 1. The van der Waals surface area contributed by atoms with E-state index in [1.54, 1.807) is 19.5 Å². The Balaban J connectivity index is 1.44. The first-order valence-electron chi connectivity index (χ1n) is 8.52. The first kappa shape index (κ1) is 18.8. The molecule has 7 heteroatoms. The van der Waals surface area contributed by atoms with Crippen LogP contribution in [-0.2, 0) is 11.2 Å². The van der Waals surface area contributed by atoms with E-state index in [0.29, 0.717) is 17.3 Å². The standard InChI is InChI=1S/C20H20N4O2S/c1-26-18-7-3-2-5-15(18)10-12-22-19(25)14-27-20-9-8-17(23-24-20)16-6-4-11-21-13-16/h2-9,11,13H,10,12,14H2,1H3,(H,22,25). The molecule has 1 N–H and O–H groups in total. The lowest BCUT2D eigenvalue weighted by atomic mass is 10.1.